The van der Waals surface area contributed by atoms with Gasteiger partial charge < -0.3 is 14.0 Å². The van der Waals surface area contributed by atoms with E-state index in [1.807, 2.05) is 47.0 Å². The van der Waals surface area contributed by atoms with E-state index in [9.17, 15) is 4.79 Å². The molecule has 28 heavy (non-hydrogen) atoms. The molecule has 144 valence electrons. The average molecular weight is 380 g/mol. The highest BCUT2D eigenvalue weighted by atomic mass is 16.5. The molecule has 2 aromatic heterocycles. The van der Waals surface area contributed by atoms with Gasteiger partial charge in [-0.15, -0.1) is 0 Å². The highest BCUT2D eigenvalue weighted by molar-refractivity contribution is 6.04. The number of pyridine rings is 1. The molecule has 2 fully saturated rings. The van der Waals surface area contributed by atoms with Crippen molar-refractivity contribution < 1.29 is 18.4 Å². The zero-order valence-corrected chi connectivity index (χ0v) is 15.3. The number of aromatic nitrogens is 2. The largest absolute Gasteiger partial charge is 0.459 e. The fourth-order valence-electron chi connectivity index (χ4n) is 4.20. The first-order valence-electron chi connectivity index (χ1n) is 11.0. The lowest BCUT2D eigenvalue weighted by atomic mass is 9.92. The van der Waals surface area contributed by atoms with Gasteiger partial charge in [0.1, 0.15) is 11.9 Å². The summed E-state index contributed by atoms with van der Waals surface area (Å²) in [6, 6.07) is 12.7. The summed E-state index contributed by atoms with van der Waals surface area (Å²) >= 11 is 0. The van der Waals surface area contributed by atoms with Crippen molar-refractivity contribution >= 4 is 16.9 Å². The predicted molar refractivity (Wildman–Crippen MR) is 106 cm³/mol. The van der Waals surface area contributed by atoms with Crippen LogP contribution in [0.4, 0.5) is 0 Å². The number of ether oxygens (including phenoxy) is 2. The normalized spacial score (nSPS) is 27.0. The van der Waals surface area contributed by atoms with Crippen molar-refractivity contribution in [2.75, 3.05) is 20.2 Å². The standard InChI is InChI=1S/C22H23N3O3/c1-24-15-10-17(11-16(24)14-27-13-15)28-22(26)19-12-25(21-8-4-5-9-23-21)20-7-3-2-6-18(19)20/h2-9,12,15-17H,10-11,13-14H2,1H3/t15-,16+,17-/i1D3. The first kappa shape index (κ1) is 14.3. The van der Waals surface area contributed by atoms with Gasteiger partial charge in [0.2, 0.25) is 0 Å². The number of nitrogens with zero attached hydrogens (tertiary/aromatic N) is 3. The summed E-state index contributed by atoms with van der Waals surface area (Å²) in [5, 5.41) is 0.793. The van der Waals surface area contributed by atoms with Crippen LogP contribution in [0.1, 0.15) is 27.3 Å². The van der Waals surface area contributed by atoms with E-state index >= 15 is 0 Å². The van der Waals surface area contributed by atoms with Crippen LogP contribution in [0.3, 0.4) is 0 Å². The summed E-state index contributed by atoms with van der Waals surface area (Å²) in [5.74, 6) is 0.313. The molecule has 5 rings (SSSR count). The third kappa shape index (κ3) is 2.99. The van der Waals surface area contributed by atoms with Gasteiger partial charge in [0, 0.05) is 46.8 Å². The summed E-state index contributed by atoms with van der Waals surface area (Å²) in [5.41, 5.74) is 1.34. The van der Waals surface area contributed by atoms with Gasteiger partial charge in [0.25, 0.3) is 0 Å². The number of esters is 1. The molecule has 3 aromatic rings. The number of fused-ring (bicyclic) bond motifs is 3. The van der Waals surface area contributed by atoms with Crippen molar-refractivity contribution in [2.45, 2.75) is 31.0 Å². The molecule has 6 nitrogen and oxygen atoms in total. The SMILES string of the molecule is [2H]C([2H])([2H])N1[C@@H]2COC[C@H]1C[C@@H](OC(=O)c1cn(-c3ccccn3)c3ccccc13)C2. The molecule has 0 unspecified atom stereocenters. The Kier molecular flexibility index (Phi) is 3.60. The molecule has 2 aliphatic heterocycles. The molecule has 0 N–H and O–H groups in total. The second kappa shape index (κ2) is 7.04. The summed E-state index contributed by atoms with van der Waals surface area (Å²) in [6.45, 7) is -1.51. The Labute approximate surface area is 167 Å². The van der Waals surface area contributed by atoms with Crippen molar-refractivity contribution in [2.24, 2.45) is 0 Å². The zero-order chi connectivity index (χ0) is 21.6. The Balaban J connectivity index is 1.41. The van der Waals surface area contributed by atoms with Crippen LogP contribution >= 0.6 is 0 Å². The summed E-state index contributed by atoms with van der Waals surface area (Å²) < 4.78 is 36.8. The summed E-state index contributed by atoms with van der Waals surface area (Å²) in [7, 11) is 0. The molecule has 1 aromatic carbocycles. The second-order valence-corrected chi connectivity index (χ2v) is 7.37. The van der Waals surface area contributed by atoms with Crippen LogP contribution in [-0.4, -0.2) is 58.8 Å². The Morgan fingerprint density at radius 2 is 1.96 bits per heavy atom. The maximum atomic E-state index is 13.2. The molecule has 0 saturated carbocycles. The van der Waals surface area contributed by atoms with Crippen molar-refractivity contribution in [3.05, 3.63) is 60.4 Å². The number of piperidine rings is 1. The topological polar surface area (TPSA) is 56.6 Å². The molecule has 2 saturated heterocycles. The van der Waals surface area contributed by atoms with E-state index in [-0.39, 0.29) is 18.2 Å². The number of likely N-dealkylation sites (N-methyl/N-ethyl adjacent to an activating group) is 1. The minimum absolute atomic E-state index is 0.285. The average Bonchev–Trinajstić information content (AvgIpc) is 3.13. The Hall–Kier alpha value is -2.70. The van der Waals surface area contributed by atoms with Crippen LogP contribution in [0.25, 0.3) is 16.7 Å². The van der Waals surface area contributed by atoms with Gasteiger partial charge in [-0.05, 0) is 25.2 Å². The number of carbonyl (C=O) groups is 1. The summed E-state index contributed by atoms with van der Waals surface area (Å²) in [4.78, 5) is 19.1. The number of para-hydroxylation sites is 1. The Bertz CT molecular complexity index is 1090. The molecular formula is C22H23N3O3. The molecule has 0 amide bonds. The van der Waals surface area contributed by atoms with Gasteiger partial charge in [0.05, 0.1) is 24.3 Å². The molecule has 3 atom stereocenters. The molecular weight excluding hydrogens is 354 g/mol. The molecule has 6 heteroatoms. The van der Waals surface area contributed by atoms with Gasteiger partial charge >= 0.3 is 5.97 Å². The molecule has 0 spiro atoms. The van der Waals surface area contributed by atoms with Crippen LogP contribution in [0.15, 0.2) is 54.9 Å². The van der Waals surface area contributed by atoms with Crippen LogP contribution in [0, 0.1) is 0 Å². The maximum Gasteiger partial charge on any atom is 0.340 e. The van der Waals surface area contributed by atoms with Crippen LogP contribution in [0.5, 0.6) is 0 Å². The first-order chi connectivity index (χ1) is 14.9. The minimum Gasteiger partial charge on any atom is -0.459 e. The number of carbonyl (C=O) groups excluding carboxylic acids is 1. The first-order valence-corrected chi connectivity index (χ1v) is 9.50. The lowest BCUT2D eigenvalue weighted by molar-refractivity contribution is -0.0970. The van der Waals surface area contributed by atoms with Crippen molar-refractivity contribution in [3.63, 3.8) is 0 Å². The third-order valence-electron chi connectivity index (χ3n) is 5.58. The number of rotatable bonds is 3. The van der Waals surface area contributed by atoms with Crippen molar-refractivity contribution in [1.82, 2.24) is 14.5 Å². The van der Waals surface area contributed by atoms with E-state index in [0.29, 0.717) is 31.6 Å². The van der Waals surface area contributed by atoms with E-state index < -0.39 is 12.9 Å². The van der Waals surface area contributed by atoms with E-state index in [4.69, 9.17) is 13.6 Å². The number of hydrogen-bond acceptors (Lipinski definition) is 5. The molecule has 0 aliphatic carbocycles. The molecule has 4 heterocycles. The van der Waals surface area contributed by atoms with Gasteiger partial charge in [0.15, 0.2) is 0 Å². The Morgan fingerprint density at radius 1 is 1.18 bits per heavy atom. The molecule has 2 aliphatic rings. The van der Waals surface area contributed by atoms with Gasteiger partial charge in [-0.3, -0.25) is 4.90 Å². The smallest absolute Gasteiger partial charge is 0.340 e. The highest BCUT2D eigenvalue weighted by Crippen LogP contribution is 2.30. The maximum absolute atomic E-state index is 13.2. The third-order valence-corrected chi connectivity index (χ3v) is 5.58. The summed E-state index contributed by atoms with van der Waals surface area (Å²) in [6.07, 6.45) is 4.01. The van der Waals surface area contributed by atoms with Gasteiger partial charge in [-0.1, -0.05) is 24.3 Å². The van der Waals surface area contributed by atoms with E-state index in [1.165, 1.54) is 0 Å². The zero-order valence-electron chi connectivity index (χ0n) is 18.3. The van der Waals surface area contributed by atoms with Crippen LogP contribution < -0.4 is 0 Å². The minimum atomic E-state index is -2.18. The van der Waals surface area contributed by atoms with Gasteiger partial charge in [-0.2, -0.15) is 0 Å². The monoisotopic (exact) mass is 380 g/mol. The number of hydrogen-bond donors (Lipinski definition) is 0. The van der Waals surface area contributed by atoms with Crippen molar-refractivity contribution in [1.29, 1.82) is 0 Å². The predicted octanol–water partition coefficient (Wildman–Crippen LogP) is 3.04. The van der Waals surface area contributed by atoms with Gasteiger partial charge in [-0.25, -0.2) is 9.78 Å². The molecule has 0 radical (unpaired) electrons. The van der Waals surface area contributed by atoms with E-state index in [1.54, 1.807) is 17.3 Å². The Morgan fingerprint density at radius 3 is 2.71 bits per heavy atom. The van der Waals surface area contributed by atoms with Crippen molar-refractivity contribution in [3.8, 4) is 5.82 Å². The van der Waals surface area contributed by atoms with E-state index in [0.717, 1.165) is 16.7 Å². The number of morpholine rings is 1. The fourth-order valence-corrected chi connectivity index (χ4v) is 4.20. The quantitative estimate of drug-likeness (QED) is 0.654. The lowest BCUT2D eigenvalue weighted by Gasteiger charge is -2.46. The van der Waals surface area contributed by atoms with Crippen LogP contribution in [0.2, 0.25) is 0 Å². The lowest BCUT2D eigenvalue weighted by Crippen LogP contribution is -2.56. The second-order valence-electron chi connectivity index (χ2n) is 7.37. The fraction of sp³-hybridized carbons (Fsp3) is 0.364. The van der Waals surface area contributed by atoms with E-state index in [2.05, 4.69) is 4.98 Å². The molecule has 2 bridgehead atoms. The highest BCUT2D eigenvalue weighted by Gasteiger charge is 2.38. The van der Waals surface area contributed by atoms with Crippen LogP contribution in [-0.2, 0) is 9.47 Å². The number of benzene rings is 1.